The van der Waals surface area contributed by atoms with Crippen molar-refractivity contribution in [2.45, 2.75) is 44.8 Å². The predicted octanol–water partition coefficient (Wildman–Crippen LogP) is 3.40. The first-order valence-corrected chi connectivity index (χ1v) is 6.22. The van der Waals surface area contributed by atoms with Gasteiger partial charge < -0.3 is 5.32 Å². The lowest BCUT2D eigenvalue weighted by atomic mass is 9.97. The van der Waals surface area contributed by atoms with Crippen molar-refractivity contribution in [2.75, 3.05) is 6.54 Å². The molecule has 1 aliphatic rings. The number of nitrogens with one attached hydrogen (secondary N) is 1. The Balaban J connectivity index is 1.93. The van der Waals surface area contributed by atoms with Crippen LogP contribution in [0.25, 0.3) is 0 Å². The molecule has 2 heteroatoms. The molecule has 0 bridgehead atoms. The molecule has 0 aromatic heterocycles. The van der Waals surface area contributed by atoms with Gasteiger partial charge in [-0.1, -0.05) is 30.7 Å². The van der Waals surface area contributed by atoms with Crippen molar-refractivity contribution >= 4 is 0 Å². The fraction of sp³-hybridized carbons (Fsp3) is 0.571. The van der Waals surface area contributed by atoms with Gasteiger partial charge in [0.2, 0.25) is 0 Å². The van der Waals surface area contributed by atoms with E-state index in [0.717, 1.165) is 18.5 Å². The minimum absolute atomic E-state index is 0.613. The molecule has 1 fully saturated rings. The van der Waals surface area contributed by atoms with Gasteiger partial charge in [0, 0.05) is 6.04 Å². The molecule has 1 aromatic carbocycles. The molecule has 16 heavy (non-hydrogen) atoms. The van der Waals surface area contributed by atoms with Gasteiger partial charge in [-0.2, -0.15) is 0 Å². The van der Waals surface area contributed by atoms with E-state index >= 15 is 0 Å². The van der Waals surface area contributed by atoms with Crippen LogP contribution in [0.2, 0.25) is 0 Å². The van der Waals surface area contributed by atoms with E-state index in [-0.39, 0.29) is 0 Å². The Morgan fingerprint density at radius 3 is 2.62 bits per heavy atom. The van der Waals surface area contributed by atoms with E-state index in [1.165, 1.54) is 24.8 Å². The molecule has 1 aromatic rings. The lowest BCUT2D eigenvalue weighted by Crippen LogP contribution is -2.35. The van der Waals surface area contributed by atoms with Gasteiger partial charge in [0.15, 0.2) is 0 Å². The lowest BCUT2D eigenvalue weighted by Gasteiger charge is -2.23. The zero-order chi connectivity index (χ0) is 11.4. The Morgan fingerprint density at radius 2 is 2.06 bits per heavy atom. The molecule has 0 saturated carbocycles. The number of halogens is 1. The van der Waals surface area contributed by atoms with Crippen LogP contribution in [0.4, 0.5) is 4.39 Å². The SMILES string of the molecule is CC(F)c1ccc(CC2CCCCN2)cc1. The topological polar surface area (TPSA) is 12.0 Å². The van der Waals surface area contributed by atoms with Crippen LogP contribution in [0.1, 0.15) is 43.5 Å². The average Bonchev–Trinajstić information content (AvgIpc) is 2.31. The van der Waals surface area contributed by atoms with Gasteiger partial charge in [-0.3, -0.25) is 0 Å². The van der Waals surface area contributed by atoms with Crippen LogP contribution in [-0.4, -0.2) is 12.6 Å². The highest BCUT2D eigenvalue weighted by molar-refractivity contribution is 5.24. The summed E-state index contributed by atoms with van der Waals surface area (Å²) in [4.78, 5) is 0. The van der Waals surface area contributed by atoms with E-state index in [9.17, 15) is 4.39 Å². The first-order chi connectivity index (χ1) is 7.75. The van der Waals surface area contributed by atoms with Gasteiger partial charge in [0.05, 0.1) is 0 Å². The third-order valence-electron chi connectivity index (χ3n) is 3.33. The predicted molar refractivity (Wildman–Crippen MR) is 65.3 cm³/mol. The summed E-state index contributed by atoms with van der Waals surface area (Å²) in [7, 11) is 0. The minimum atomic E-state index is -0.859. The second-order valence-corrected chi connectivity index (χ2v) is 4.71. The molecule has 0 aliphatic carbocycles. The van der Waals surface area contributed by atoms with E-state index in [2.05, 4.69) is 17.4 Å². The number of piperidine rings is 1. The molecule has 0 amide bonds. The van der Waals surface area contributed by atoms with Gasteiger partial charge in [-0.15, -0.1) is 0 Å². The smallest absolute Gasteiger partial charge is 0.122 e. The van der Waals surface area contributed by atoms with Crippen LogP contribution in [0.5, 0.6) is 0 Å². The number of rotatable bonds is 3. The summed E-state index contributed by atoms with van der Waals surface area (Å²) < 4.78 is 13.0. The lowest BCUT2D eigenvalue weighted by molar-refractivity contribution is 0.374. The van der Waals surface area contributed by atoms with Crippen molar-refractivity contribution in [3.05, 3.63) is 35.4 Å². The first kappa shape index (κ1) is 11.6. The Bertz CT molecular complexity index is 312. The highest BCUT2D eigenvalue weighted by atomic mass is 19.1. The fourth-order valence-corrected chi connectivity index (χ4v) is 2.30. The summed E-state index contributed by atoms with van der Waals surface area (Å²) >= 11 is 0. The summed E-state index contributed by atoms with van der Waals surface area (Å²) in [5.41, 5.74) is 2.09. The second-order valence-electron chi connectivity index (χ2n) is 4.71. The van der Waals surface area contributed by atoms with Crippen LogP contribution in [0.15, 0.2) is 24.3 Å². The molecular formula is C14H20FN. The Kier molecular flexibility index (Phi) is 3.94. The summed E-state index contributed by atoms with van der Waals surface area (Å²) in [6, 6.07) is 8.54. The van der Waals surface area contributed by atoms with E-state index in [1.807, 2.05) is 12.1 Å². The molecule has 0 radical (unpaired) electrons. The summed E-state index contributed by atoms with van der Waals surface area (Å²) in [6.45, 7) is 2.72. The van der Waals surface area contributed by atoms with E-state index in [1.54, 1.807) is 6.92 Å². The van der Waals surface area contributed by atoms with E-state index in [0.29, 0.717) is 6.04 Å². The Hall–Kier alpha value is -0.890. The first-order valence-electron chi connectivity index (χ1n) is 6.22. The third-order valence-corrected chi connectivity index (χ3v) is 3.33. The number of benzene rings is 1. The van der Waals surface area contributed by atoms with Crippen LogP contribution < -0.4 is 5.32 Å². The molecule has 0 spiro atoms. The quantitative estimate of drug-likeness (QED) is 0.825. The maximum atomic E-state index is 13.0. The van der Waals surface area contributed by atoms with Crippen molar-refractivity contribution in [3.8, 4) is 0 Å². The zero-order valence-corrected chi connectivity index (χ0v) is 9.88. The molecular weight excluding hydrogens is 201 g/mol. The van der Waals surface area contributed by atoms with Crippen LogP contribution in [0.3, 0.4) is 0 Å². The molecule has 1 N–H and O–H groups in total. The molecule has 1 saturated heterocycles. The standard InChI is InChI=1S/C14H20FN/c1-11(15)13-7-5-12(6-8-13)10-14-4-2-3-9-16-14/h5-8,11,14,16H,2-4,9-10H2,1H3. The Labute approximate surface area is 97.1 Å². The van der Waals surface area contributed by atoms with E-state index in [4.69, 9.17) is 0 Å². The van der Waals surface area contributed by atoms with Crippen LogP contribution in [0, 0.1) is 0 Å². The maximum absolute atomic E-state index is 13.0. The van der Waals surface area contributed by atoms with Gasteiger partial charge in [-0.25, -0.2) is 4.39 Å². The van der Waals surface area contributed by atoms with E-state index < -0.39 is 6.17 Å². The highest BCUT2D eigenvalue weighted by Gasteiger charge is 2.12. The van der Waals surface area contributed by atoms with Crippen molar-refractivity contribution < 1.29 is 4.39 Å². The molecule has 1 heterocycles. The fourth-order valence-electron chi connectivity index (χ4n) is 2.30. The molecule has 1 nitrogen and oxygen atoms in total. The largest absolute Gasteiger partial charge is 0.314 e. The Morgan fingerprint density at radius 1 is 1.31 bits per heavy atom. The minimum Gasteiger partial charge on any atom is -0.314 e. The number of alkyl halides is 1. The van der Waals surface area contributed by atoms with Crippen LogP contribution >= 0.6 is 0 Å². The second kappa shape index (κ2) is 5.44. The van der Waals surface area contributed by atoms with Gasteiger partial charge in [0.25, 0.3) is 0 Å². The zero-order valence-electron chi connectivity index (χ0n) is 9.88. The normalized spacial score (nSPS) is 23.0. The average molecular weight is 221 g/mol. The molecule has 2 unspecified atom stereocenters. The van der Waals surface area contributed by atoms with Crippen molar-refractivity contribution in [1.82, 2.24) is 5.32 Å². The molecule has 1 aliphatic heterocycles. The number of hydrogen-bond donors (Lipinski definition) is 1. The van der Waals surface area contributed by atoms with Crippen LogP contribution in [-0.2, 0) is 6.42 Å². The van der Waals surface area contributed by atoms with Gasteiger partial charge >= 0.3 is 0 Å². The number of hydrogen-bond acceptors (Lipinski definition) is 1. The van der Waals surface area contributed by atoms with Gasteiger partial charge in [0.1, 0.15) is 6.17 Å². The van der Waals surface area contributed by atoms with Crippen molar-refractivity contribution in [3.63, 3.8) is 0 Å². The molecule has 2 rings (SSSR count). The maximum Gasteiger partial charge on any atom is 0.122 e. The van der Waals surface area contributed by atoms with Crippen molar-refractivity contribution in [2.24, 2.45) is 0 Å². The monoisotopic (exact) mass is 221 g/mol. The molecule has 88 valence electrons. The summed E-state index contributed by atoms with van der Waals surface area (Å²) in [5.74, 6) is 0. The highest BCUT2D eigenvalue weighted by Crippen LogP contribution is 2.18. The van der Waals surface area contributed by atoms with Gasteiger partial charge in [-0.05, 0) is 43.9 Å². The van der Waals surface area contributed by atoms with Crippen molar-refractivity contribution in [1.29, 1.82) is 0 Å². The summed E-state index contributed by atoms with van der Waals surface area (Å²) in [5, 5.41) is 3.53. The third kappa shape index (κ3) is 3.05. The molecule has 2 atom stereocenters. The summed E-state index contributed by atoms with van der Waals surface area (Å²) in [6.07, 6.45) is 4.11.